The van der Waals surface area contributed by atoms with Crippen molar-refractivity contribution in [2.45, 2.75) is 6.92 Å². The molecule has 0 saturated carbocycles. The molecular weight excluding hydrogens is 140 g/mol. The second kappa shape index (κ2) is 3.81. The third kappa shape index (κ3) is 1.83. The number of rotatable bonds is 3. The lowest BCUT2D eigenvalue weighted by atomic mass is 10.4. The Kier molecular flexibility index (Phi) is 2.72. The molecule has 60 valence electrons. The van der Waals surface area contributed by atoms with Crippen LogP contribution in [0.4, 0.5) is 5.69 Å². The van der Waals surface area contributed by atoms with Crippen LogP contribution in [0.5, 0.6) is 5.88 Å². The Hall–Kier alpha value is -1.25. The van der Waals surface area contributed by atoms with Crippen LogP contribution in [-0.2, 0) is 0 Å². The molecule has 0 amide bonds. The minimum absolute atomic E-state index is 0.648. The Morgan fingerprint density at radius 3 is 3.09 bits per heavy atom. The first-order chi connectivity index (χ1) is 5.38. The molecule has 0 fully saturated rings. The maximum atomic E-state index is 5.02. The number of hydrogen-bond donors (Lipinski definition) is 1. The van der Waals surface area contributed by atoms with Crippen molar-refractivity contribution in [2.24, 2.45) is 0 Å². The van der Waals surface area contributed by atoms with Gasteiger partial charge in [0.05, 0.1) is 12.8 Å². The molecule has 0 saturated heterocycles. The summed E-state index contributed by atoms with van der Waals surface area (Å²) in [5.74, 6) is 0.648. The third-order valence-corrected chi connectivity index (χ3v) is 1.33. The monoisotopic (exact) mass is 152 g/mol. The zero-order chi connectivity index (χ0) is 8.10. The van der Waals surface area contributed by atoms with E-state index in [9.17, 15) is 0 Å². The second-order valence-corrected chi connectivity index (χ2v) is 2.09. The first kappa shape index (κ1) is 7.85. The van der Waals surface area contributed by atoms with Gasteiger partial charge >= 0.3 is 0 Å². The molecule has 3 heteroatoms. The van der Waals surface area contributed by atoms with Crippen molar-refractivity contribution >= 4 is 5.69 Å². The van der Waals surface area contributed by atoms with E-state index in [2.05, 4.69) is 10.3 Å². The third-order valence-electron chi connectivity index (χ3n) is 1.33. The molecule has 3 nitrogen and oxygen atoms in total. The number of ether oxygens (including phenoxy) is 1. The Labute approximate surface area is 66.4 Å². The summed E-state index contributed by atoms with van der Waals surface area (Å²) in [4.78, 5) is 4.03. The molecule has 0 radical (unpaired) electrons. The zero-order valence-electron chi connectivity index (χ0n) is 6.79. The van der Waals surface area contributed by atoms with E-state index in [1.54, 1.807) is 13.3 Å². The van der Waals surface area contributed by atoms with Gasteiger partial charge in [0.1, 0.15) is 0 Å². The van der Waals surface area contributed by atoms with Gasteiger partial charge in [-0.25, -0.2) is 4.98 Å². The number of hydrogen-bond acceptors (Lipinski definition) is 3. The molecule has 0 aliphatic rings. The molecule has 1 aromatic rings. The molecule has 1 N–H and O–H groups in total. The van der Waals surface area contributed by atoms with Gasteiger partial charge in [0.2, 0.25) is 5.88 Å². The number of pyridine rings is 1. The minimum Gasteiger partial charge on any atom is -0.480 e. The van der Waals surface area contributed by atoms with E-state index in [0.29, 0.717) is 5.88 Å². The lowest BCUT2D eigenvalue weighted by molar-refractivity contribution is 0.400. The Morgan fingerprint density at radius 1 is 1.64 bits per heavy atom. The molecule has 1 rings (SSSR count). The maximum Gasteiger partial charge on any atom is 0.237 e. The van der Waals surface area contributed by atoms with Crippen LogP contribution in [0.1, 0.15) is 6.92 Å². The van der Waals surface area contributed by atoms with Crippen molar-refractivity contribution in [3.63, 3.8) is 0 Å². The lowest BCUT2D eigenvalue weighted by Crippen LogP contribution is -2.00. The molecule has 0 atom stereocenters. The Bertz CT molecular complexity index is 225. The fourth-order valence-corrected chi connectivity index (χ4v) is 0.878. The molecule has 1 heterocycles. The molecule has 0 unspecified atom stereocenters. The smallest absolute Gasteiger partial charge is 0.237 e. The first-order valence-electron chi connectivity index (χ1n) is 3.61. The van der Waals surface area contributed by atoms with Gasteiger partial charge in [-0.3, -0.25) is 0 Å². The zero-order valence-corrected chi connectivity index (χ0v) is 6.79. The number of methoxy groups -OCH3 is 1. The van der Waals surface area contributed by atoms with Gasteiger partial charge in [0.25, 0.3) is 0 Å². The summed E-state index contributed by atoms with van der Waals surface area (Å²) in [5, 5.41) is 3.14. The largest absolute Gasteiger partial charge is 0.480 e. The minimum atomic E-state index is 0.648. The number of nitrogens with one attached hydrogen (secondary N) is 1. The highest BCUT2D eigenvalue weighted by Crippen LogP contribution is 2.18. The molecule has 11 heavy (non-hydrogen) atoms. The topological polar surface area (TPSA) is 34.2 Å². The van der Waals surface area contributed by atoms with Gasteiger partial charge < -0.3 is 10.1 Å². The molecular formula is C8H12N2O. The highest BCUT2D eigenvalue weighted by molar-refractivity contribution is 5.51. The van der Waals surface area contributed by atoms with Crippen LogP contribution in [-0.4, -0.2) is 18.6 Å². The van der Waals surface area contributed by atoms with Gasteiger partial charge in [-0.2, -0.15) is 0 Å². The average molecular weight is 152 g/mol. The molecule has 0 aliphatic heterocycles. The van der Waals surface area contributed by atoms with Crippen molar-refractivity contribution in [2.75, 3.05) is 19.0 Å². The van der Waals surface area contributed by atoms with Crippen LogP contribution in [0.3, 0.4) is 0 Å². The second-order valence-electron chi connectivity index (χ2n) is 2.09. The fraction of sp³-hybridized carbons (Fsp3) is 0.375. The van der Waals surface area contributed by atoms with Crippen molar-refractivity contribution in [1.29, 1.82) is 0 Å². The lowest BCUT2D eigenvalue weighted by Gasteiger charge is -2.06. The van der Waals surface area contributed by atoms with E-state index in [0.717, 1.165) is 12.2 Å². The predicted molar refractivity (Wildman–Crippen MR) is 45.0 cm³/mol. The summed E-state index contributed by atoms with van der Waals surface area (Å²) >= 11 is 0. The van der Waals surface area contributed by atoms with Gasteiger partial charge in [0, 0.05) is 12.7 Å². The van der Waals surface area contributed by atoms with Crippen LogP contribution < -0.4 is 10.1 Å². The van der Waals surface area contributed by atoms with E-state index in [1.807, 2.05) is 19.1 Å². The van der Waals surface area contributed by atoms with Crippen LogP contribution in [0.15, 0.2) is 18.3 Å². The van der Waals surface area contributed by atoms with Crippen molar-refractivity contribution < 1.29 is 4.74 Å². The predicted octanol–water partition coefficient (Wildman–Crippen LogP) is 1.52. The van der Waals surface area contributed by atoms with E-state index >= 15 is 0 Å². The summed E-state index contributed by atoms with van der Waals surface area (Å²) in [6.45, 7) is 2.91. The Morgan fingerprint density at radius 2 is 2.45 bits per heavy atom. The molecule has 0 bridgehead atoms. The van der Waals surface area contributed by atoms with Crippen LogP contribution in [0.25, 0.3) is 0 Å². The van der Waals surface area contributed by atoms with Crippen molar-refractivity contribution in [1.82, 2.24) is 4.98 Å². The average Bonchev–Trinajstić information content (AvgIpc) is 2.06. The van der Waals surface area contributed by atoms with E-state index in [1.165, 1.54) is 0 Å². The van der Waals surface area contributed by atoms with Crippen molar-refractivity contribution in [3.05, 3.63) is 18.3 Å². The Balaban J connectivity index is 2.83. The van der Waals surface area contributed by atoms with Crippen LogP contribution in [0.2, 0.25) is 0 Å². The molecule has 0 spiro atoms. The fourth-order valence-electron chi connectivity index (χ4n) is 0.878. The number of aromatic nitrogens is 1. The van der Waals surface area contributed by atoms with Gasteiger partial charge in [-0.05, 0) is 19.1 Å². The summed E-state index contributed by atoms with van der Waals surface area (Å²) < 4.78 is 5.02. The van der Waals surface area contributed by atoms with Crippen LogP contribution >= 0.6 is 0 Å². The molecule has 1 aromatic heterocycles. The SMILES string of the molecule is CCNc1cccnc1OC. The quantitative estimate of drug-likeness (QED) is 0.713. The van der Waals surface area contributed by atoms with Crippen molar-refractivity contribution in [3.8, 4) is 5.88 Å². The maximum absolute atomic E-state index is 5.02. The molecule has 0 aromatic carbocycles. The van der Waals surface area contributed by atoms with E-state index in [-0.39, 0.29) is 0 Å². The summed E-state index contributed by atoms with van der Waals surface area (Å²) in [6, 6.07) is 3.82. The van der Waals surface area contributed by atoms with E-state index < -0.39 is 0 Å². The van der Waals surface area contributed by atoms with Gasteiger partial charge in [0.15, 0.2) is 0 Å². The summed E-state index contributed by atoms with van der Waals surface area (Å²) in [7, 11) is 1.61. The first-order valence-corrected chi connectivity index (χ1v) is 3.61. The van der Waals surface area contributed by atoms with Gasteiger partial charge in [-0.15, -0.1) is 0 Å². The normalized spacial score (nSPS) is 9.27. The summed E-state index contributed by atoms with van der Waals surface area (Å²) in [6.07, 6.45) is 1.71. The molecule has 0 aliphatic carbocycles. The summed E-state index contributed by atoms with van der Waals surface area (Å²) in [5.41, 5.74) is 0.942. The standard InChI is InChI=1S/C8H12N2O/c1-3-9-7-5-4-6-10-8(7)11-2/h4-6,9H,3H2,1-2H3. The van der Waals surface area contributed by atoms with Crippen LogP contribution in [0, 0.1) is 0 Å². The number of anilines is 1. The van der Waals surface area contributed by atoms with Gasteiger partial charge in [-0.1, -0.05) is 0 Å². The highest BCUT2D eigenvalue weighted by Gasteiger charge is 1.98. The highest BCUT2D eigenvalue weighted by atomic mass is 16.5. The number of nitrogens with zero attached hydrogens (tertiary/aromatic N) is 1. The van der Waals surface area contributed by atoms with E-state index in [4.69, 9.17) is 4.74 Å².